The van der Waals surface area contributed by atoms with Crippen molar-refractivity contribution < 1.29 is 0 Å². The van der Waals surface area contributed by atoms with E-state index in [0.717, 1.165) is 6.42 Å². The predicted octanol–water partition coefficient (Wildman–Crippen LogP) is 2.47. The molecular formula is C8H10Br2Mg. The third-order valence-electron chi connectivity index (χ3n) is 1.59. The third kappa shape index (κ3) is 3.92. The second-order valence-corrected chi connectivity index (χ2v) is 5.07. The van der Waals surface area contributed by atoms with Crippen LogP contribution in [-0.4, -0.2) is 18.2 Å². The van der Waals surface area contributed by atoms with Crippen LogP contribution < -0.4 is 3.69 Å². The number of benzene rings is 1. The maximum atomic E-state index is 3.54. The van der Waals surface area contributed by atoms with Crippen LogP contribution in [0.25, 0.3) is 0 Å². The Morgan fingerprint density at radius 1 is 1.27 bits per heavy atom. The third-order valence-corrected chi connectivity index (χ3v) is 4.31. The van der Waals surface area contributed by atoms with Crippen molar-refractivity contribution >= 4 is 51.8 Å². The van der Waals surface area contributed by atoms with E-state index in [1.54, 1.807) is 0 Å². The molecule has 0 N–H and O–H groups in total. The lowest BCUT2D eigenvalue weighted by atomic mass is 10.2. The fourth-order valence-electron chi connectivity index (χ4n) is 0.864. The highest BCUT2D eigenvalue weighted by atomic mass is 79.9. The molecule has 0 heterocycles. The van der Waals surface area contributed by atoms with Crippen molar-refractivity contribution in [2.45, 2.75) is 13.3 Å². The van der Waals surface area contributed by atoms with E-state index in [4.69, 9.17) is 0 Å². The lowest BCUT2D eigenvalue weighted by Crippen LogP contribution is -2.06. The van der Waals surface area contributed by atoms with Gasteiger partial charge in [-0.15, -0.1) is 17.0 Å². The van der Waals surface area contributed by atoms with Crippen LogP contribution in [0.5, 0.6) is 0 Å². The Hall–Kier alpha value is 0.946. The molecule has 0 saturated carbocycles. The van der Waals surface area contributed by atoms with Gasteiger partial charge in [0.2, 0.25) is 0 Å². The van der Waals surface area contributed by atoms with Crippen LogP contribution in [0.2, 0.25) is 0 Å². The number of halogens is 2. The summed E-state index contributed by atoms with van der Waals surface area (Å²) in [6.45, 7) is 2.18. The summed E-state index contributed by atoms with van der Waals surface area (Å²) >= 11 is 3.42. The van der Waals surface area contributed by atoms with Crippen LogP contribution in [-0.2, 0) is 6.42 Å². The van der Waals surface area contributed by atoms with Crippen LogP contribution in [0, 0.1) is 0 Å². The van der Waals surface area contributed by atoms with Gasteiger partial charge in [-0.2, -0.15) is 3.69 Å². The SMILES string of the molecule is Br.CCc1cc[c]([Mg][Br])cc1. The maximum absolute atomic E-state index is 3.54. The zero-order valence-electron chi connectivity index (χ0n) is 6.51. The number of hydrogen-bond donors (Lipinski definition) is 0. The first-order valence-electron chi connectivity index (χ1n) is 3.50. The fourth-order valence-corrected chi connectivity index (χ4v) is 2.40. The molecular weight excluding hydrogens is 280 g/mol. The van der Waals surface area contributed by atoms with Gasteiger partial charge in [-0.25, -0.2) is 0 Å². The summed E-state index contributed by atoms with van der Waals surface area (Å²) in [6, 6.07) is 8.87. The normalized spacial score (nSPS) is 8.18. The molecule has 1 aromatic rings. The van der Waals surface area contributed by atoms with Gasteiger partial charge in [0.05, 0.1) is 0 Å². The smallest absolute Gasteiger partial charge is 0.296 e. The molecule has 0 saturated heterocycles. The summed E-state index contributed by atoms with van der Waals surface area (Å²) in [7, 11) is 0. The molecule has 0 nitrogen and oxygen atoms in total. The van der Waals surface area contributed by atoms with Crippen molar-refractivity contribution in [3.63, 3.8) is 0 Å². The summed E-state index contributed by atoms with van der Waals surface area (Å²) in [4.78, 5) is 0. The van der Waals surface area contributed by atoms with Crippen molar-refractivity contribution in [1.29, 1.82) is 0 Å². The first kappa shape index (κ1) is 11.9. The van der Waals surface area contributed by atoms with Gasteiger partial charge < -0.3 is 0 Å². The van der Waals surface area contributed by atoms with Crippen LogP contribution >= 0.6 is 29.9 Å². The van der Waals surface area contributed by atoms with Crippen molar-refractivity contribution in [2.75, 3.05) is 0 Å². The first-order valence-corrected chi connectivity index (χ1v) is 8.11. The Morgan fingerprint density at radius 2 is 1.82 bits per heavy atom. The van der Waals surface area contributed by atoms with Gasteiger partial charge in [0.1, 0.15) is 0 Å². The zero-order chi connectivity index (χ0) is 7.40. The van der Waals surface area contributed by atoms with Gasteiger partial charge in [-0.3, -0.25) is 12.9 Å². The topological polar surface area (TPSA) is 0 Å². The van der Waals surface area contributed by atoms with Crippen molar-refractivity contribution in [2.24, 2.45) is 0 Å². The standard InChI is InChI=1S/C8H9.2BrH.Mg/c1-2-8-6-4-3-5-7-8;;;/h4-7H,2H2,1H3;2*1H;/q;;;+1/p-1. The van der Waals surface area contributed by atoms with Gasteiger partial charge in [0.15, 0.2) is 0 Å². The minimum Gasteiger partial charge on any atom is -0.296 e. The second kappa shape index (κ2) is 6.46. The van der Waals surface area contributed by atoms with Crippen LogP contribution in [0.15, 0.2) is 24.3 Å². The summed E-state index contributed by atoms with van der Waals surface area (Å²) in [6.07, 6.45) is 1.14. The second-order valence-electron chi connectivity index (χ2n) is 2.30. The minimum atomic E-state index is -0.120. The van der Waals surface area contributed by atoms with Crippen molar-refractivity contribution in [1.82, 2.24) is 0 Å². The number of aryl methyl sites for hydroxylation is 1. The highest BCUT2D eigenvalue weighted by molar-refractivity contribution is 9.23. The molecule has 0 bridgehead atoms. The van der Waals surface area contributed by atoms with Gasteiger partial charge >= 0.3 is 18.2 Å². The quantitative estimate of drug-likeness (QED) is 0.734. The number of hydrogen-bond acceptors (Lipinski definition) is 0. The maximum Gasteiger partial charge on any atom is 0.506 e. The predicted molar refractivity (Wildman–Crippen MR) is 60.5 cm³/mol. The van der Waals surface area contributed by atoms with E-state index in [9.17, 15) is 0 Å². The van der Waals surface area contributed by atoms with Gasteiger partial charge in [-0.1, -0.05) is 31.2 Å². The molecule has 0 fully saturated rings. The molecule has 0 aliphatic heterocycles. The highest BCUT2D eigenvalue weighted by Crippen LogP contribution is 1.96. The Morgan fingerprint density at radius 3 is 2.18 bits per heavy atom. The minimum absolute atomic E-state index is 0. The Bertz CT molecular complexity index is 173. The monoisotopic (exact) mass is 288 g/mol. The largest absolute Gasteiger partial charge is 0.506 e. The molecule has 0 spiro atoms. The average Bonchev–Trinajstić information content (AvgIpc) is 2.05. The lowest BCUT2D eigenvalue weighted by molar-refractivity contribution is 1.14. The molecule has 58 valence electrons. The van der Waals surface area contributed by atoms with E-state index >= 15 is 0 Å². The van der Waals surface area contributed by atoms with Crippen LogP contribution in [0.3, 0.4) is 0 Å². The molecule has 0 radical (unpaired) electrons. The molecule has 3 heteroatoms. The summed E-state index contributed by atoms with van der Waals surface area (Å²) in [5.74, 6) is 0. The zero-order valence-corrected chi connectivity index (χ0v) is 11.2. The first-order chi connectivity index (χ1) is 4.86. The van der Waals surface area contributed by atoms with E-state index in [0.29, 0.717) is 0 Å². The van der Waals surface area contributed by atoms with E-state index < -0.39 is 0 Å². The summed E-state index contributed by atoms with van der Waals surface area (Å²) in [5.41, 5.74) is 1.43. The van der Waals surface area contributed by atoms with Gasteiger partial charge in [0, 0.05) is 0 Å². The van der Waals surface area contributed by atoms with E-state index in [1.807, 2.05) is 0 Å². The van der Waals surface area contributed by atoms with E-state index in [-0.39, 0.29) is 35.2 Å². The molecule has 1 rings (SSSR count). The van der Waals surface area contributed by atoms with E-state index in [1.165, 1.54) is 9.26 Å². The van der Waals surface area contributed by atoms with Crippen LogP contribution in [0.4, 0.5) is 0 Å². The summed E-state index contributed by atoms with van der Waals surface area (Å²) < 4.78 is 1.48. The van der Waals surface area contributed by atoms with Gasteiger partial charge in [-0.05, 0) is 12.0 Å². The van der Waals surface area contributed by atoms with Crippen molar-refractivity contribution in [3.05, 3.63) is 29.8 Å². The molecule has 0 unspecified atom stereocenters. The Balaban J connectivity index is 0.000001000. The molecule has 1 aromatic carbocycles. The van der Waals surface area contributed by atoms with Crippen molar-refractivity contribution in [3.8, 4) is 0 Å². The summed E-state index contributed by atoms with van der Waals surface area (Å²) in [5, 5.41) is 0. The molecule has 0 aliphatic rings. The molecule has 11 heavy (non-hydrogen) atoms. The van der Waals surface area contributed by atoms with E-state index in [2.05, 4.69) is 44.1 Å². The Kier molecular flexibility index (Phi) is 7.02. The molecule has 0 amide bonds. The molecule has 0 aliphatic carbocycles. The highest BCUT2D eigenvalue weighted by Gasteiger charge is 1.93. The van der Waals surface area contributed by atoms with Gasteiger partial charge in [0.25, 0.3) is 0 Å². The Labute approximate surface area is 94.1 Å². The fraction of sp³-hybridized carbons (Fsp3) is 0.250. The number of rotatable bonds is 2. The lowest BCUT2D eigenvalue weighted by Gasteiger charge is -1.96. The molecule has 0 aromatic heterocycles. The van der Waals surface area contributed by atoms with Crippen LogP contribution in [0.1, 0.15) is 12.5 Å². The molecule has 0 atom stereocenters. The average molecular weight is 290 g/mol.